The van der Waals surface area contributed by atoms with Gasteiger partial charge in [-0.25, -0.2) is 14.8 Å². The van der Waals surface area contributed by atoms with Crippen LogP contribution in [0.1, 0.15) is 108 Å². The molecule has 1 aliphatic carbocycles. The van der Waals surface area contributed by atoms with Crippen molar-refractivity contribution in [3.63, 3.8) is 0 Å². The maximum atomic E-state index is 14.1. The van der Waals surface area contributed by atoms with Gasteiger partial charge in [0, 0.05) is 81.5 Å². The van der Waals surface area contributed by atoms with E-state index in [1.54, 1.807) is 0 Å². The van der Waals surface area contributed by atoms with Gasteiger partial charge < -0.3 is 24.0 Å². The number of thiazole rings is 1. The lowest BCUT2D eigenvalue weighted by Crippen LogP contribution is -2.47. The van der Waals surface area contributed by atoms with Crippen LogP contribution in [0.25, 0.3) is 32.2 Å². The number of carbonyl (C=O) groups excluding carboxylic acids is 4. The molecule has 11 rings (SSSR count). The van der Waals surface area contributed by atoms with Crippen molar-refractivity contribution in [2.45, 2.75) is 103 Å². The molecule has 0 spiro atoms. The SMILES string of the molecule is Cc1c(OC2CCC(OCCN3CCN(c4ccc5c(C6CCC(=O)NC6=O)nn(C)c5c4)CC3)CC2)cccc1-c1ccc(N2CCc3cccc(C(=O)Nc4nc5ccccc5s4)c3C2)nc1C(=O)OC(C)(C)C. The fraction of sp³-hybridized carbons (Fsp3) is 0.407. The number of rotatable bonds is 13. The molecule has 0 radical (unpaired) electrons. The van der Waals surface area contributed by atoms with E-state index in [1.807, 2.05) is 106 Å². The molecule has 1 unspecified atom stereocenters. The molecule has 3 aromatic heterocycles. The summed E-state index contributed by atoms with van der Waals surface area (Å²) in [4.78, 5) is 69.0. The van der Waals surface area contributed by atoms with Crippen molar-refractivity contribution in [1.29, 1.82) is 0 Å². The Morgan fingerprint density at radius 1 is 0.816 bits per heavy atom. The largest absolute Gasteiger partial charge is 0.490 e. The summed E-state index contributed by atoms with van der Waals surface area (Å²) in [5.74, 6) is -0.220. The van der Waals surface area contributed by atoms with Gasteiger partial charge in [0.15, 0.2) is 10.8 Å². The van der Waals surface area contributed by atoms with Crippen molar-refractivity contribution in [2.75, 3.05) is 61.0 Å². The van der Waals surface area contributed by atoms with Gasteiger partial charge >= 0.3 is 5.97 Å². The fourth-order valence-corrected chi connectivity index (χ4v) is 12.1. The van der Waals surface area contributed by atoms with Gasteiger partial charge in [0.1, 0.15) is 17.2 Å². The summed E-state index contributed by atoms with van der Waals surface area (Å²) in [6, 6.07) is 30.0. The van der Waals surface area contributed by atoms with Gasteiger partial charge in [-0.05, 0) is 143 Å². The summed E-state index contributed by atoms with van der Waals surface area (Å²) in [6.07, 6.45) is 5.34. The molecule has 16 nitrogen and oxygen atoms in total. The van der Waals surface area contributed by atoms with E-state index in [1.165, 1.54) is 11.3 Å². The van der Waals surface area contributed by atoms with E-state index in [9.17, 15) is 19.2 Å². The number of aryl methyl sites for hydroxylation is 1. The Kier molecular flexibility index (Phi) is 14.4. The Morgan fingerprint density at radius 3 is 2.39 bits per heavy atom. The minimum atomic E-state index is -0.742. The second-order valence-electron chi connectivity index (χ2n) is 21.5. The van der Waals surface area contributed by atoms with Crippen LogP contribution in [0.15, 0.2) is 91.0 Å². The number of amides is 3. The second-order valence-corrected chi connectivity index (χ2v) is 22.5. The molecule has 2 N–H and O–H groups in total. The minimum absolute atomic E-state index is 0.0393. The lowest BCUT2D eigenvalue weighted by Gasteiger charge is -2.36. The van der Waals surface area contributed by atoms with Crippen LogP contribution in [0.3, 0.4) is 0 Å². The number of pyridine rings is 1. The van der Waals surface area contributed by atoms with Gasteiger partial charge in [0.2, 0.25) is 11.8 Å². The molecule has 0 bridgehead atoms. The Morgan fingerprint density at radius 2 is 1.61 bits per heavy atom. The number of fused-ring (bicyclic) bond motifs is 3. The summed E-state index contributed by atoms with van der Waals surface area (Å²) < 4.78 is 22.1. The average molecular weight is 1040 g/mol. The number of para-hydroxylation sites is 1. The zero-order valence-corrected chi connectivity index (χ0v) is 44.7. The van der Waals surface area contributed by atoms with Gasteiger partial charge in [0.25, 0.3) is 5.91 Å². The van der Waals surface area contributed by atoms with E-state index >= 15 is 0 Å². The summed E-state index contributed by atoms with van der Waals surface area (Å²) in [7, 11) is 1.91. The molecule has 7 aromatic rings. The zero-order valence-electron chi connectivity index (χ0n) is 43.9. The molecular formula is C59H65N9O7S. The summed E-state index contributed by atoms with van der Waals surface area (Å²) in [6.45, 7) is 14.0. The van der Waals surface area contributed by atoms with Crippen molar-refractivity contribution in [1.82, 2.24) is 30.0 Å². The minimum Gasteiger partial charge on any atom is -0.490 e. The molecule has 3 amide bonds. The highest BCUT2D eigenvalue weighted by molar-refractivity contribution is 7.22. The number of nitrogens with zero attached hydrogens (tertiary/aromatic N) is 7. The lowest BCUT2D eigenvalue weighted by molar-refractivity contribution is -0.134. The smallest absolute Gasteiger partial charge is 0.358 e. The van der Waals surface area contributed by atoms with Crippen LogP contribution in [0, 0.1) is 6.92 Å². The number of hydrogen-bond donors (Lipinski definition) is 2. The van der Waals surface area contributed by atoms with Crippen molar-refractivity contribution in [3.05, 3.63) is 125 Å². The van der Waals surface area contributed by atoms with Crippen LogP contribution in [-0.4, -0.2) is 112 Å². The predicted molar refractivity (Wildman–Crippen MR) is 295 cm³/mol. The number of benzene rings is 4. The highest BCUT2D eigenvalue weighted by Crippen LogP contribution is 2.38. The van der Waals surface area contributed by atoms with E-state index in [0.717, 1.165) is 119 Å². The highest BCUT2D eigenvalue weighted by Gasteiger charge is 2.33. The first-order valence-electron chi connectivity index (χ1n) is 26.6. The number of anilines is 3. The number of carbonyl (C=O) groups is 4. The van der Waals surface area contributed by atoms with Crippen LogP contribution in [0.2, 0.25) is 0 Å². The highest BCUT2D eigenvalue weighted by atomic mass is 32.1. The molecule has 1 atom stereocenters. The molecule has 17 heteroatoms. The predicted octanol–water partition coefficient (Wildman–Crippen LogP) is 9.37. The average Bonchev–Trinajstić information content (AvgIpc) is 4.02. The lowest BCUT2D eigenvalue weighted by atomic mass is 9.93. The maximum Gasteiger partial charge on any atom is 0.358 e. The third kappa shape index (κ3) is 10.9. The van der Waals surface area contributed by atoms with Crippen molar-refractivity contribution in [2.24, 2.45) is 7.05 Å². The first-order valence-corrected chi connectivity index (χ1v) is 27.5. The van der Waals surface area contributed by atoms with Crippen LogP contribution in [0.5, 0.6) is 5.75 Å². The van der Waals surface area contributed by atoms with Crippen molar-refractivity contribution >= 4 is 72.8 Å². The summed E-state index contributed by atoms with van der Waals surface area (Å²) >= 11 is 1.45. The van der Waals surface area contributed by atoms with E-state index in [4.69, 9.17) is 24.3 Å². The summed E-state index contributed by atoms with van der Waals surface area (Å²) in [5, 5.41) is 11.7. The van der Waals surface area contributed by atoms with Gasteiger partial charge in [-0.3, -0.25) is 34.6 Å². The van der Waals surface area contributed by atoms with Gasteiger partial charge in [-0.1, -0.05) is 47.7 Å². The quantitative estimate of drug-likeness (QED) is 0.0827. The number of ether oxygens (including phenoxy) is 3. The Balaban J connectivity index is 0.692. The molecule has 3 aliphatic heterocycles. The number of piperazine rings is 1. The summed E-state index contributed by atoms with van der Waals surface area (Å²) in [5.41, 5.74) is 8.25. The second kappa shape index (κ2) is 21.4. The monoisotopic (exact) mass is 1040 g/mol. The maximum absolute atomic E-state index is 14.1. The number of piperidine rings is 1. The molecule has 4 aliphatic rings. The van der Waals surface area contributed by atoms with Crippen LogP contribution in [-0.2, 0) is 39.1 Å². The first-order chi connectivity index (χ1) is 36.7. The third-order valence-electron chi connectivity index (χ3n) is 15.2. The van der Waals surface area contributed by atoms with Crippen LogP contribution >= 0.6 is 11.3 Å². The van der Waals surface area contributed by atoms with E-state index in [-0.39, 0.29) is 35.6 Å². The molecule has 76 heavy (non-hydrogen) atoms. The number of esters is 1. The number of hydrogen-bond acceptors (Lipinski definition) is 14. The Hall–Kier alpha value is -7.21. The van der Waals surface area contributed by atoms with Crippen molar-refractivity contribution < 1.29 is 33.4 Å². The third-order valence-corrected chi connectivity index (χ3v) is 16.2. The standard InChI is InChI=1S/C59H65N9O7S/c1-36-41(42-22-24-51(61-54(42)57(72)75-59(2,3)4)68-27-26-37-10-8-12-43(46(37)35-68)55(70)63-58-60-47-13-6-7-15-50(47)76-58)11-9-14-49(36)74-40-19-17-39(18-20-40)73-33-32-66-28-30-67(31-29-66)38-16-21-44-48(34-38)65(5)64-53(44)45-23-25-52(69)62-56(45)71/h6-16,21-22,24,34,39-40,45H,17-20,23,25-33,35H2,1-5H3,(H,60,63,70)(H,62,69,71). The van der Waals surface area contributed by atoms with Crippen LogP contribution < -0.4 is 25.2 Å². The zero-order chi connectivity index (χ0) is 52.7. The Labute approximate surface area is 446 Å². The molecular weight excluding hydrogens is 979 g/mol. The molecule has 4 aromatic carbocycles. The van der Waals surface area contributed by atoms with Gasteiger partial charge in [-0.2, -0.15) is 5.10 Å². The molecule has 394 valence electrons. The van der Waals surface area contributed by atoms with Crippen molar-refractivity contribution in [3.8, 4) is 16.9 Å². The molecule has 2 saturated heterocycles. The van der Waals surface area contributed by atoms with Gasteiger partial charge in [0.05, 0.1) is 46.2 Å². The van der Waals surface area contributed by atoms with Gasteiger partial charge in [-0.15, -0.1) is 0 Å². The van der Waals surface area contributed by atoms with E-state index in [2.05, 4.69) is 54.6 Å². The molecule has 3 fully saturated rings. The molecule has 1 saturated carbocycles. The number of imide groups is 1. The van der Waals surface area contributed by atoms with E-state index in [0.29, 0.717) is 61.0 Å². The molecule has 6 heterocycles. The Bertz CT molecular complexity index is 3320. The number of aromatic nitrogens is 4. The topological polar surface area (TPSA) is 173 Å². The first kappa shape index (κ1) is 50.9. The normalized spacial score (nSPS) is 19.4. The fourth-order valence-electron chi connectivity index (χ4n) is 11.2. The van der Waals surface area contributed by atoms with Crippen LogP contribution in [0.4, 0.5) is 16.6 Å². The van der Waals surface area contributed by atoms with E-state index < -0.39 is 17.5 Å². The number of nitrogens with one attached hydrogen (secondary N) is 2.